The van der Waals surface area contributed by atoms with Gasteiger partial charge in [-0.1, -0.05) is 25.5 Å². The Morgan fingerprint density at radius 3 is 2.86 bits per heavy atom. The molecule has 0 aliphatic carbocycles. The molecule has 0 saturated heterocycles. The van der Waals surface area contributed by atoms with Crippen molar-refractivity contribution in [2.24, 2.45) is 0 Å². The van der Waals surface area contributed by atoms with Crippen molar-refractivity contribution in [2.75, 3.05) is 6.61 Å². The Morgan fingerprint density at radius 2 is 2.29 bits per heavy atom. The molecule has 0 radical (unpaired) electrons. The predicted molar refractivity (Wildman–Crippen MR) is 59.6 cm³/mol. The molecular formula is C11H19ClO2. The molecule has 2 nitrogen and oxygen atoms in total. The standard InChI is InChI=1S/C11H19ClO2/c1-3-4-8-11(13)14-9-6-5-7-10(2)12/h5,7,10H,3-4,6,8-9H2,1-2H3/b7-5+. The number of hydrogen-bond donors (Lipinski definition) is 0. The number of ether oxygens (including phenoxy) is 1. The topological polar surface area (TPSA) is 26.3 Å². The molecular weight excluding hydrogens is 200 g/mol. The van der Waals surface area contributed by atoms with Crippen LogP contribution in [0.4, 0.5) is 0 Å². The third-order valence-corrected chi connectivity index (χ3v) is 1.83. The SMILES string of the molecule is CCCCC(=O)OCC/C=C/C(C)Cl. The number of rotatable bonds is 7. The molecule has 0 aliphatic rings. The highest BCUT2D eigenvalue weighted by atomic mass is 35.5. The van der Waals surface area contributed by atoms with E-state index >= 15 is 0 Å². The molecule has 0 aromatic heterocycles. The Labute approximate surface area is 91.3 Å². The second-order valence-electron chi connectivity index (χ2n) is 3.22. The molecule has 82 valence electrons. The smallest absolute Gasteiger partial charge is 0.305 e. The average molecular weight is 219 g/mol. The summed E-state index contributed by atoms with van der Waals surface area (Å²) in [5.41, 5.74) is 0. The fraction of sp³-hybridized carbons (Fsp3) is 0.727. The quantitative estimate of drug-likeness (QED) is 0.284. The van der Waals surface area contributed by atoms with E-state index in [9.17, 15) is 4.79 Å². The molecule has 0 heterocycles. The largest absolute Gasteiger partial charge is 0.465 e. The van der Waals surface area contributed by atoms with Gasteiger partial charge in [-0.15, -0.1) is 11.6 Å². The van der Waals surface area contributed by atoms with Gasteiger partial charge >= 0.3 is 5.97 Å². The molecule has 1 unspecified atom stereocenters. The second kappa shape index (κ2) is 9.07. The van der Waals surface area contributed by atoms with Crippen LogP contribution in [0, 0.1) is 0 Å². The van der Waals surface area contributed by atoms with Gasteiger partial charge in [0.2, 0.25) is 0 Å². The molecule has 3 heteroatoms. The summed E-state index contributed by atoms with van der Waals surface area (Å²) in [4.78, 5) is 11.0. The summed E-state index contributed by atoms with van der Waals surface area (Å²) < 4.78 is 4.99. The number of alkyl halides is 1. The zero-order valence-electron chi connectivity index (χ0n) is 8.96. The molecule has 0 rings (SSSR count). The van der Waals surface area contributed by atoms with Gasteiger partial charge in [0.25, 0.3) is 0 Å². The molecule has 0 aromatic rings. The average Bonchev–Trinajstić information content (AvgIpc) is 2.13. The molecule has 0 N–H and O–H groups in total. The predicted octanol–water partition coefficient (Wildman–Crippen LogP) is 3.29. The van der Waals surface area contributed by atoms with E-state index < -0.39 is 0 Å². The van der Waals surface area contributed by atoms with Gasteiger partial charge in [0.15, 0.2) is 0 Å². The first kappa shape index (κ1) is 13.5. The third kappa shape index (κ3) is 9.59. The van der Waals surface area contributed by atoms with Crippen molar-refractivity contribution in [1.29, 1.82) is 0 Å². The number of unbranched alkanes of at least 4 members (excludes halogenated alkanes) is 1. The van der Waals surface area contributed by atoms with E-state index in [4.69, 9.17) is 16.3 Å². The lowest BCUT2D eigenvalue weighted by Gasteiger charge is -2.01. The van der Waals surface area contributed by atoms with Crippen molar-refractivity contribution in [3.05, 3.63) is 12.2 Å². The molecule has 0 aliphatic heterocycles. The first-order valence-electron chi connectivity index (χ1n) is 5.13. The van der Waals surface area contributed by atoms with Gasteiger partial charge in [0.1, 0.15) is 0 Å². The third-order valence-electron chi connectivity index (χ3n) is 1.68. The van der Waals surface area contributed by atoms with Gasteiger partial charge in [0.05, 0.1) is 6.61 Å². The van der Waals surface area contributed by atoms with Crippen molar-refractivity contribution in [3.63, 3.8) is 0 Å². The molecule has 0 spiro atoms. The van der Waals surface area contributed by atoms with Crippen LogP contribution in [-0.4, -0.2) is 18.0 Å². The fourth-order valence-electron chi connectivity index (χ4n) is 0.918. The van der Waals surface area contributed by atoms with Gasteiger partial charge in [0, 0.05) is 11.8 Å². The van der Waals surface area contributed by atoms with Gasteiger partial charge in [-0.3, -0.25) is 4.79 Å². The van der Waals surface area contributed by atoms with Gasteiger partial charge in [-0.05, 0) is 19.8 Å². The maximum absolute atomic E-state index is 11.0. The Hall–Kier alpha value is -0.500. The zero-order chi connectivity index (χ0) is 10.8. The Morgan fingerprint density at radius 1 is 1.57 bits per heavy atom. The summed E-state index contributed by atoms with van der Waals surface area (Å²) in [6.07, 6.45) is 7.04. The van der Waals surface area contributed by atoms with Gasteiger partial charge < -0.3 is 4.74 Å². The van der Waals surface area contributed by atoms with Crippen molar-refractivity contribution in [1.82, 2.24) is 0 Å². The highest BCUT2D eigenvalue weighted by Crippen LogP contribution is 1.99. The van der Waals surface area contributed by atoms with E-state index in [0.29, 0.717) is 13.0 Å². The van der Waals surface area contributed by atoms with Crippen LogP contribution in [0.5, 0.6) is 0 Å². The van der Waals surface area contributed by atoms with E-state index in [0.717, 1.165) is 19.3 Å². The van der Waals surface area contributed by atoms with Crippen molar-refractivity contribution < 1.29 is 9.53 Å². The minimum Gasteiger partial charge on any atom is -0.465 e. The van der Waals surface area contributed by atoms with Gasteiger partial charge in [-0.25, -0.2) is 0 Å². The summed E-state index contributed by atoms with van der Waals surface area (Å²) in [5, 5.41) is 0.0470. The van der Waals surface area contributed by atoms with Crippen LogP contribution in [0.15, 0.2) is 12.2 Å². The number of halogens is 1. The molecule has 0 saturated carbocycles. The number of carbonyl (C=O) groups excluding carboxylic acids is 1. The number of esters is 1. The first-order chi connectivity index (χ1) is 6.66. The van der Waals surface area contributed by atoms with Crippen LogP contribution >= 0.6 is 11.6 Å². The van der Waals surface area contributed by atoms with Crippen LogP contribution in [0.1, 0.15) is 39.5 Å². The molecule has 14 heavy (non-hydrogen) atoms. The van der Waals surface area contributed by atoms with E-state index in [1.807, 2.05) is 19.1 Å². The first-order valence-corrected chi connectivity index (χ1v) is 5.56. The van der Waals surface area contributed by atoms with Crippen LogP contribution in [0.25, 0.3) is 0 Å². The number of carbonyl (C=O) groups is 1. The second-order valence-corrected chi connectivity index (χ2v) is 3.91. The lowest BCUT2D eigenvalue weighted by molar-refractivity contribution is -0.143. The number of hydrogen-bond acceptors (Lipinski definition) is 2. The van der Waals surface area contributed by atoms with E-state index in [-0.39, 0.29) is 11.3 Å². The summed E-state index contributed by atoms with van der Waals surface area (Å²) >= 11 is 5.69. The van der Waals surface area contributed by atoms with Crippen molar-refractivity contribution in [3.8, 4) is 0 Å². The minimum absolute atomic E-state index is 0.0470. The summed E-state index contributed by atoms with van der Waals surface area (Å²) in [6.45, 7) is 4.41. The highest BCUT2D eigenvalue weighted by molar-refractivity contribution is 6.21. The minimum atomic E-state index is -0.0980. The molecule has 0 aromatic carbocycles. The van der Waals surface area contributed by atoms with E-state index in [1.165, 1.54) is 0 Å². The Bertz CT molecular complexity index is 176. The molecule has 1 atom stereocenters. The normalized spacial score (nSPS) is 13.1. The van der Waals surface area contributed by atoms with Crippen LogP contribution in [-0.2, 0) is 9.53 Å². The zero-order valence-corrected chi connectivity index (χ0v) is 9.72. The maximum Gasteiger partial charge on any atom is 0.305 e. The summed E-state index contributed by atoms with van der Waals surface area (Å²) in [6, 6.07) is 0. The van der Waals surface area contributed by atoms with Gasteiger partial charge in [-0.2, -0.15) is 0 Å². The summed E-state index contributed by atoms with van der Waals surface area (Å²) in [7, 11) is 0. The van der Waals surface area contributed by atoms with Crippen LogP contribution < -0.4 is 0 Å². The highest BCUT2D eigenvalue weighted by Gasteiger charge is 1.99. The van der Waals surface area contributed by atoms with E-state index in [1.54, 1.807) is 0 Å². The monoisotopic (exact) mass is 218 g/mol. The summed E-state index contributed by atoms with van der Waals surface area (Å²) in [5.74, 6) is -0.0980. The van der Waals surface area contributed by atoms with Crippen molar-refractivity contribution >= 4 is 17.6 Å². The molecule has 0 amide bonds. The molecule has 0 fully saturated rings. The Kier molecular flexibility index (Phi) is 8.75. The Balaban J connectivity index is 3.31. The molecule has 0 bridgehead atoms. The fourth-order valence-corrected chi connectivity index (χ4v) is 1.02. The lowest BCUT2D eigenvalue weighted by atomic mass is 10.2. The maximum atomic E-state index is 11.0. The number of allylic oxidation sites excluding steroid dienone is 1. The van der Waals surface area contributed by atoms with Crippen molar-refractivity contribution in [2.45, 2.75) is 44.9 Å². The van der Waals surface area contributed by atoms with E-state index in [2.05, 4.69) is 6.92 Å². The lowest BCUT2D eigenvalue weighted by Crippen LogP contribution is -2.04. The van der Waals surface area contributed by atoms with Crippen LogP contribution in [0.3, 0.4) is 0 Å². The van der Waals surface area contributed by atoms with Crippen LogP contribution in [0.2, 0.25) is 0 Å².